The lowest BCUT2D eigenvalue weighted by Gasteiger charge is -2.24. The van der Waals surface area contributed by atoms with E-state index in [9.17, 15) is 4.79 Å². The molecule has 2 saturated heterocycles. The summed E-state index contributed by atoms with van der Waals surface area (Å²) in [5.41, 5.74) is 0. The molecule has 0 bridgehead atoms. The van der Waals surface area contributed by atoms with Crippen molar-refractivity contribution in [1.82, 2.24) is 15.1 Å². The van der Waals surface area contributed by atoms with Crippen molar-refractivity contribution in [2.75, 3.05) is 32.8 Å². The van der Waals surface area contributed by atoms with Crippen LogP contribution in [-0.2, 0) is 4.79 Å². The van der Waals surface area contributed by atoms with Gasteiger partial charge < -0.3 is 9.80 Å². The molecule has 4 nitrogen and oxygen atoms in total. The molecule has 2 aliphatic rings. The van der Waals surface area contributed by atoms with Gasteiger partial charge in [-0.25, -0.2) is 0 Å². The van der Waals surface area contributed by atoms with Crippen molar-refractivity contribution in [3.05, 3.63) is 0 Å². The van der Waals surface area contributed by atoms with Gasteiger partial charge in [-0.05, 0) is 38.3 Å². The highest BCUT2D eigenvalue weighted by molar-refractivity contribution is 5.83. The van der Waals surface area contributed by atoms with E-state index in [1.54, 1.807) is 0 Å². The molecule has 0 aromatic carbocycles. The molecule has 0 saturated carbocycles. The molecule has 0 aliphatic carbocycles. The molecule has 1 amide bonds. The number of amides is 1. The molecule has 2 atom stereocenters. The summed E-state index contributed by atoms with van der Waals surface area (Å²) in [5, 5.41) is 3.27. The van der Waals surface area contributed by atoms with Crippen LogP contribution in [0.5, 0.6) is 0 Å². The predicted molar refractivity (Wildman–Crippen MR) is 68.6 cm³/mol. The van der Waals surface area contributed by atoms with Crippen molar-refractivity contribution in [2.45, 2.75) is 39.2 Å². The van der Waals surface area contributed by atoms with E-state index in [2.05, 4.69) is 24.1 Å². The summed E-state index contributed by atoms with van der Waals surface area (Å²) < 4.78 is 0. The molecule has 0 aromatic heterocycles. The van der Waals surface area contributed by atoms with Crippen LogP contribution in [0.4, 0.5) is 0 Å². The summed E-state index contributed by atoms with van der Waals surface area (Å²) in [5.74, 6) is 0.871. The number of nitrogens with zero attached hydrogens (tertiary/aromatic N) is 2. The second kappa shape index (κ2) is 5.83. The first-order valence-corrected chi connectivity index (χ1v) is 6.95. The maximum absolute atomic E-state index is 12.0. The topological polar surface area (TPSA) is 35.6 Å². The van der Waals surface area contributed by atoms with Crippen molar-refractivity contribution in [3.8, 4) is 0 Å². The summed E-state index contributed by atoms with van der Waals surface area (Å²) in [6, 6.07) is 0.0639. The Hall–Kier alpha value is -0.610. The van der Waals surface area contributed by atoms with Gasteiger partial charge in [-0.2, -0.15) is 0 Å². The highest BCUT2D eigenvalue weighted by atomic mass is 16.2. The summed E-state index contributed by atoms with van der Waals surface area (Å²) in [7, 11) is 0. The lowest BCUT2D eigenvalue weighted by molar-refractivity contribution is -0.129. The van der Waals surface area contributed by atoms with Crippen LogP contribution >= 0.6 is 0 Å². The molecule has 2 rings (SSSR count). The van der Waals surface area contributed by atoms with Crippen LogP contribution in [0, 0.1) is 5.92 Å². The Bertz CT molecular complexity index is 263. The van der Waals surface area contributed by atoms with E-state index in [0.29, 0.717) is 11.8 Å². The summed E-state index contributed by atoms with van der Waals surface area (Å²) in [4.78, 5) is 16.5. The molecule has 0 aromatic rings. The van der Waals surface area contributed by atoms with Gasteiger partial charge in [-0.15, -0.1) is 0 Å². The second-order valence-electron chi connectivity index (χ2n) is 5.50. The third-order valence-electron chi connectivity index (χ3n) is 3.85. The standard InChI is InChI=1S/C13H25N3O/c1-3-12-13(17)16(10-14-12)9-11(2)8-15-6-4-5-7-15/h11-12,14H,3-10H2,1-2H3. The van der Waals surface area contributed by atoms with Crippen molar-refractivity contribution in [3.63, 3.8) is 0 Å². The minimum absolute atomic E-state index is 0.0639. The molecule has 4 heteroatoms. The molecule has 1 N–H and O–H groups in total. The number of hydrogen-bond donors (Lipinski definition) is 1. The number of rotatable bonds is 5. The van der Waals surface area contributed by atoms with Gasteiger partial charge in [0, 0.05) is 13.1 Å². The Labute approximate surface area is 104 Å². The monoisotopic (exact) mass is 239 g/mol. The van der Waals surface area contributed by atoms with Crippen molar-refractivity contribution < 1.29 is 4.79 Å². The van der Waals surface area contributed by atoms with E-state index in [1.807, 2.05) is 4.90 Å². The summed E-state index contributed by atoms with van der Waals surface area (Å²) in [6.07, 6.45) is 3.58. The highest BCUT2D eigenvalue weighted by Gasteiger charge is 2.30. The normalized spacial score (nSPS) is 28.0. The fourth-order valence-electron chi connectivity index (χ4n) is 2.92. The van der Waals surface area contributed by atoms with E-state index in [4.69, 9.17) is 0 Å². The lowest BCUT2D eigenvalue weighted by atomic mass is 10.1. The molecular weight excluding hydrogens is 214 g/mol. The summed E-state index contributed by atoms with van der Waals surface area (Å²) >= 11 is 0. The average molecular weight is 239 g/mol. The number of likely N-dealkylation sites (tertiary alicyclic amines) is 1. The molecule has 0 spiro atoms. The van der Waals surface area contributed by atoms with Gasteiger partial charge in [0.15, 0.2) is 0 Å². The van der Waals surface area contributed by atoms with Crippen molar-refractivity contribution >= 4 is 5.91 Å². The van der Waals surface area contributed by atoms with Gasteiger partial charge >= 0.3 is 0 Å². The first kappa shape index (κ1) is 12.8. The Kier molecular flexibility index (Phi) is 4.40. The van der Waals surface area contributed by atoms with E-state index in [-0.39, 0.29) is 6.04 Å². The first-order chi connectivity index (χ1) is 8.20. The van der Waals surface area contributed by atoms with Crippen LogP contribution in [0.2, 0.25) is 0 Å². The minimum atomic E-state index is 0.0639. The van der Waals surface area contributed by atoms with Gasteiger partial charge in [-0.3, -0.25) is 10.1 Å². The molecule has 2 unspecified atom stereocenters. The molecule has 0 radical (unpaired) electrons. The first-order valence-electron chi connectivity index (χ1n) is 6.95. The van der Waals surface area contributed by atoms with Crippen molar-refractivity contribution in [1.29, 1.82) is 0 Å². The maximum Gasteiger partial charge on any atom is 0.240 e. The van der Waals surface area contributed by atoms with Gasteiger partial charge in [0.05, 0.1) is 12.7 Å². The quantitative estimate of drug-likeness (QED) is 0.774. The van der Waals surface area contributed by atoms with Crippen LogP contribution in [0.25, 0.3) is 0 Å². The molecular formula is C13H25N3O. The van der Waals surface area contributed by atoms with Crippen LogP contribution < -0.4 is 5.32 Å². The minimum Gasteiger partial charge on any atom is -0.328 e. The van der Waals surface area contributed by atoms with Gasteiger partial charge in [0.1, 0.15) is 0 Å². The van der Waals surface area contributed by atoms with Gasteiger partial charge in [0.2, 0.25) is 5.91 Å². The Morgan fingerprint density at radius 3 is 2.65 bits per heavy atom. The molecule has 2 aliphatic heterocycles. The third-order valence-corrected chi connectivity index (χ3v) is 3.85. The average Bonchev–Trinajstić information content (AvgIpc) is 2.90. The van der Waals surface area contributed by atoms with Crippen molar-refractivity contribution in [2.24, 2.45) is 5.92 Å². The van der Waals surface area contributed by atoms with Crippen LogP contribution in [0.3, 0.4) is 0 Å². The van der Waals surface area contributed by atoms with E-state index in [0.717, 1.165) is 26.2 Å². The van der Waals surface area contributed by atoms with E-state index >= 15 is 0 Å². The largest absolute Gasteiger partial charge is 0.328 e. The zero-order chi connectivity index (χ0) is 12.3. The Balaban J connectivity index is 1.74. The molecule has 2 fully saturated rings. The van der Waals surface area contributed by atoms with Gasteiger partial charge in [-0.1, -0.05) is 13.8 Å². The fourth-order valence-corrected chi connectivity index (χ4v) is 2.92. The maximum atomic E-state index is 12.0. The van der Waals surface area contributed by atoms with Crippen LogP contribution in [0.1, 0.15) is 33.1 Å². The second-order valence-corrected chi connectivity index (χ2v) is 5.50. The fraction of sp³-hybridized carbons (Fsp3) is 0.923. The van der Waals surface area contributed by atoms with Crippen LogP contribution in [-0.4, -0.2) is 54.6 Å². The number of carbonyl (C=O) groups excluding carboxylic acids is 1. The van der Waals surface area contributed by atoms with Gasteiger partial charge in [0.25, 0.3) is 0 Å². The Morgan fingerprint density at radius 1 is 1.35 bits per heavy atom. The highest BCUT2D eigenvalue weighted by Crippen LogP contribution is 2.13. The SMILES string of the molecule is CCC1NCN(CC(C)CN2CCCC2)C1=O. The third kappa shape index (κ3) is 3.19. The molecule has 98 valence electrons. The zero-order valence-corrected chi connectivity index (χ0v) is 11.1. The smallest absolute Gasteiger partial charge is 0.240 e. The molecule has 17 heavy (non-hydrogen) atoms. The van der Waals surface area contributed by atoms with E-state index < -0.39 is 0 Å². The predicted octanol–water partition coefficient (Wildman–Crippen LogP) is 0.886. The number of nitrogens with one attached hydrogen (secondary N) is 1. The number of carbonyl (C=O) groups is 1. The Morgan fingerprint density at radius 2 is 2.06 bits per heavy atom. The van der Waals surface area contributed by atoms with Crippen LogP contribution in [0.15, 0.2) is 0 Å². The summed E-state index contributed by atoms with van der Waals surface area (Å²) in [6.45, 7) is 9.58. The zero-order valence-electron chi connectivity index (χ0n) is 11.1. The van der Waals surface area contributed by atoms with E-state index in [1.165, 1.54) is 25.9 Å². The lowest BCUT2D eigenvalue weighted by Crippen LogP contribution is -2.37. The number of hydrogen-bond acceptors (Lipinski definition) is 3. The molecule has 2 heterocycles.